The van der Waals surface area contributed by atoms with E-state index in [1.165, 1.54) is 0 Å². The topological polar surface area (TPSA) is 32.8 Å². The molecular weight excluding hydrogens is 311 g/mol. The average molecular weight is 331 g/mol. The van der Waals surface area contributed by atoms with Crippen LogP contribution in [-0.2, 0) is 4.79 Å². The van der Waals surface area contributed by atoms with Gasteiger partial charge in [-0.05, 0) is 32.1 Å². The Morgan fingerprint density at radius 3 is 2.57 bits per heavy atom. The maximum atomic E-state index is 12.4. The van der Waals surface area contributed by atoms with Gasteiger partial charge in [-0.15, -0.1) is 0 Å². The molecule has 4 nitrogen and oxygen atoms in total. The van der Waals surface area contributed by atoms with Gasteiger partial charge in [0.15, 0.2) is 11.9 Å². The van der Waals surface area contributed by atoms with Crippen molar-refractivity contribution in [1.29, 1.82) is 0 Å². The van der Waals surface area contributed by atoms with Gasteiger partial charge >= 0.3 is 0 Å². The summed E-state index contributed by atoms with van der Waals surface area (Å²) in [5.41, 5.74) is 0.694. The van der Waals surface area contributed by atoms with E-state index < -0.39 is 6.10 Å². The number of fused-ring (bicyclic) bond motifs is 1. The van der Waals surface area contributed by atoms with Crippen LogP contribution in [0.15, 0.2) is 12.1 Å². The third kappa shape index (κ3) is 3.28. The Bertz CT molecular complexity index is 533. The predicted octanol–water partition coefficient (Wildman–Crippen LogP) is 3.45. The minimum absolute atomic E-state index is 0.0481. The summed E-state index contributed by atoms with van der Waals surface area (Å²) >= 11 is 12.2. The van der Waals surface area contributed by atoms with E-state index in [1.54, 1.807) is 24.0 Å². The van der Waals surface area contributed by atoms with Gasteiger partial charge in [-0.2, -0.15) is 0 Å². The van der Waals surface area contributed by atoms with E-state index in [9.17, 15) is 4.79 Å². The van der Waals surface area contributed by atoms with Crippen LogP contribution >= 0.6 is 23.2 Å². The molecule has 1 aliphatic heterocycles. The summed E-state index contributed by atoms with van der Waals surface area (Å²) in [6, 6.07) is 3.48. The Hall–Kier alpha value is -0.970. The molecule has 0 bridgehead atoms. The molecule has 0 saturated carbocycles. The number of hydrogen-bond acceptors (Lipinski definition) is 3. The summed E-state index contributed by atoms with van der Waals surface area (Å²) in [5.74, 6) is 0.448. The summed E-state index contributed by atoms with van der Waals surface area (Å²) in [6.07, 6.45) is -0.551. The van der Waals surface area contributed by atoms with Gasteiger partial charge in [-0.25, -0.2) is 0 Å². The predicted molar refractivity (Wildman–Crippen MR) is 86.7 cm³/mol. The van der Waals surface area contributed by atoms with Gasteiger partial charge in [0, 0.05) is 13.1 Å². The second-order valence-electron chi connectivity index (χ2n) is 4.99. The van der Waals surface area contributed by atoms with E-state index >= 15 is 0 Å². The van der Waals surface area contributed by atoms with Crippen LogP contribution in [0.3, 0.4) is 0 Å². The molecule has 0 saturated heterocycles. The molecule has 2 rings (SSSR count). The first-order valence-electron chi connectivity index (χ1n) is 7.17. The minimum Gasteiger partial charge on any atom is -0.477 e. The highest BCUT2D eigenvalue weighted by atomic mass is 35.5. The van der Waals surface area contributed by atoms with Crippen LogP contribution in [-0.4, -0.2) is 43.1 Å². The zero-order chi connectivity index (χ0) is 15.6. The summed E-state index contributed by atoms with van der Waals surface area (Å²) in [4.78, 5) is 16.4. The van der Waals surface area contributed by atoms with Crippen LogP contribution in [0.4, 0.5) is 5.69 Å². The van der Waals surface area contributed by atoms with Crippen LogP contribution in [0.2, 0.25) is 10.0 Å². The quantitative estimate of drug-likeness (QED) is 0.828. The number of ether oxygens (including phenoxy) is 1. The number of amides is 1. The second kappa shape index (κ2) is 6.86. The molecule has 21 heavy (non-hydrogen) atoms. The zero-order valence-electron chi connectivity index (χ0n) is 12.5. The highest BCUT2D eigenvalue weighted by Gasteiger charge is 2.33. The van der Waals surface area contributed by atoms with Crippen molar-refractivity contribution in [2.24, 2.45) is 0 Å². The third-order valence-electron chi connectivity index (χ3n) is 3.76. The Kier molecular flexibility index (Phi) is 5.36. The number of likely N-dealkylation sites (N-methyl/N-ethyl adjacent to an activating group) is 1. The van der Waals surface area contributed by atoms with Crippen LogP contribution in [0.1, 0.15) is 20.8 Å². The SMILES string of the molecule is CCN(CC)CCN1C(=O)C(C)Oc2c1ccc(Cl)c2Cl. The van der Waals surface area contributed by atoms with Crippen LogP contribution in [0.25, 0.3) is 0 Å². The number of anilines is 1. The van der Waals surface area contributed by atoms with E-state index in [0.29, 0.717) is 28.0 Å². The van der Waals surface area contributed by atoms with Crippen molar-refractivity contribution in [1.82, 2.24) is 4.90 Å². The number of nitrogens with zero attached hydrogens (tertiary/aromatic N) is 2. The van der Waals surface area contributed by atoms with Gasteiger partial charge in [0.1, 0.15) is 5.02 Å². The summed E-state index contributed by atoms with van der Waals surface area (Å²) in [6.45, 7) is 9.28. The molecule has 1 aliphatic rings. The molecule has 1 aromatic rings. The molecule has 116 valence electrons. The van der Waals surface area contributed by atoms with Crippen molar-refractivity contribution in [3.05, 3.63) is 22.2 Å². The lowest BCUT2D eigenvalue weighted by molar-refractivity contribution is -0.125. The molecule has 0 N–H and O–H groups in total. The van der Waals surface area contributed by atoms with Crippen molar-refractivity contribution >= 4 is 34.8 Å². The van der Waals surface area contributed by atoms with Gasteiger partial charge in [0.2, 0.25) is 0 Å². The van der Waals surface area contributed by atoms with Crippen molar-refractivity contribution < 1.29 is 9.53 Å². The highest BCUT2D eigenvalue weighted by molar-refractivity contribution is 6.43. The maximum absolute atomic E-state index is 12.4. The fourth-order valence-corrected chi connectivity index (χ4v) is 2.78. The summed E-state index contributed by atoms with van der Waals surface area (Å²) < 4.78 is 5.62. The largest absolute Gasteiger partial charge is 0.477 e. The van der Waals surface area contributed by atoms with E-state index in [2.05, 4.69) is 18.7 Å². The first kappa shape index (κ1) is 16.4. The lowest BCUT2D eigenvalue weighted by atomic mass is 10.2. The Balaban J connectivity index is 2.29. The molecule has 1 aromatic carbocycles. The second-order valence-corrected chi connectivity index (χ2v) is 5.77. The molecular formula is C15H20Cl2N2O2. The molecule has 0 aromatic heterocycles. The molecule has 1 atom stereocenters. The summed E-state index contributed by atoms with van der Waals surface area (Å²) in [5, 5.41) is 0.794. The minimum atomic E-state index is -0.551. The first-order chi connectivity index (χ1) is 9.99. The Morgan fingerprint density at radius 1 is 1.29 bits per heavy atom. The molecule has 0 radical (unpaired) electrons. The Morgan fingerprint density at radius 2 is 1.95 bits per heavy atom. The van der Waals surface area contributed by atoms with Crippen molar-refractivity contribution in [2.45, 2.75) is 26.9 Å². The van der Waals surface area contributed by atoms with Gasteiger partial charge in [0.05, 0.1) is 10.7 Å². The van der Waals surface area contributed by atoms with E-state index in [1.807, 2.05) is 0 Å². The van der Waals surface area contributed by atoms with Crippen molar-refractivity contribution in [3.8, 4) is 5.75 Å². The molecule has 0 fully saturated rings. The smallest absolute Gasteiger partial charge is 0.267 e. The molecule has 1 amide bonds. The van der Waals surface area contributed by atoms with Crippen molar-refractivity contribution in [2.75, 3.05) is 31.1 Å². The number of hydrogen-bond donors (Lipinski definition) is 0. The lowest BCUT2D eigenvalue weighted by Gasteiger charge is -2.34. The van der Waals surface area contributed by atoms with Gasteiger partial charge in [-0.1, -0.05) is 37.0 Å². The fraction of sp³-hybridized carbons (Fsp3) is 0.533. The average Bonchev–Trinajstić information content (AvgIpc) is 2.48. The summed E-state index contributed by atoms with van der Waals surface area (Å²) in [7, 11) is 0. The van der Waals surface area contributed by atoms with Crippen LogP contribution in [0.5, 0.6) is 5.75 Å². The number of carbonyl (C=O) groups is 1. The van der Waals surface area contributed by atoms with E-state index in [4.69, 9.17) is 27.9 Å². The zero-order valence-corrected chi connectivity index (χ0v) is 14.0. The van der Waals surface area contributed by atoms with Crippen molar-refractivity contribution in [3.63, 3.8) is 0 Å². The fourth-order valence-electron chi connectivity index (χ4n) is 2.42. The standard InChI is InChI=1S/C15H20Cl2N2O2/c1-4-18(5-2)8-9-19-12-7-6-11(16)13(17)14(12)21-10(3)15(19)20/h6-7,10H,4-5,8-9H2,1-3H3. The maximum Gasteiger partial charge on any atom is 0.267 e. The number of carbonyl (C=O) groups excluding carboxylic acids is 1. The molecule has 6 heteroatoms. The van der Waals surface area contributed by atoms with Gasteiger partial charge in [0.25, 0.3) is 5.91 Å². The van der Waals surface area contributed by atoms with Gasteiger partial charge in [-0.3, -0.25) is 4.79 Å². The molecule has 1 heterocycles. The number of rotatable bonds is 5. The normalized spacial score (nSPS) is 17.9. The highest BCUT2D eigenvalue weighted by Crippen LogP contribution is 2.43. The van der Waals surface area contributed by atoms with E-state index in [0.717, 1.165) is 19.6 Å². The van der Waals surface area contributed by atoms with E-state index in [-0.39, 0.29) is 5.91 Å². The number of halogens is 2. The molecule has 0 spiro atoms. The monoisotopic (exact) mass is 330 g/mol. The molecule has 0 aliphatic carbocycles. The van der Waals surface area contributed by atoms with Crippen LogP contribution < -0.4 is 9.64 Å². The third-order valence-corrected chi connectivity index (χ3v) is 4.55. The first-order valence-corrected chi connectivity index (χ1v) is 7.93. The Labute approximate surface area is 135 Å². The number of benzene rings is 1. The molecule has 1 unspecified atom stereocenters. The lowest BCUT2D eigenvalue weighted by Crippen LogP contribution is -2.47. The van der Waals surface area contributed by atoms with Gasteiger partial charge < -0.3 is 14.5 Å². The van der Waals surface area contributed by atoms with Crippen LogP contribution in [0, 0.1) is 0 Å².